The molecule has 2 aromatic rings. The van der Waals surface area contributed by atoms with E-state index in [9.17, 15) is 13.6 Å². The molecule has 120 valence electrons. The lowest BCUT2D eigenvalue weighted by Crippen LogP contribution is -2.29. The second kappa shape index (κ2) is 6.82. The highest BCUT2D eigenvalue weighted by Gasteiger charge is 2.30. The number of fused-ring (bicyclic) bond motifs is 1. The monoisotopic (exact) mass is 349 g/mol. The Morgan fingerprint density at radius 1 is 1.41 bits per heavy atom. The highest BCUT2D eigenvalue weighted by molar-refractivity contribution is 7.22. The van der Waals surface area contributed by atoms with Crippen LogP contribution in [0.3, 0.4) is 0 Å². The van der Waals surface area contributed by atoms with Crippen LogP contribution in [0.4, 0.5) is 13.9 Å². The number of carbonyl (C=O) groups is 1. The zero-order valence-corrected chi connectivity index (χ0v) is 13.0. The number of carbonyl (C=O) groups excluding carboxylic acids is 1. The molecule has 1 aliphatic rings. The van der Waals surface area contributed by atoms with Gasteiger partial charge in [-0.3, -0.25) is 10.1 Å². The summed E-state index contributed by atoms with van der Waals surface area (Å²) in [7, 11) is 0. The van der Waals surface area contributed by atoms with Crippen molar-refractivity contribution < 1.29 is 18.3 Å². The molecule has 1 saturated heterocycles. The number of halogens is 3. The quantitative estimate of drug-likeness (QED) is 0.892. The van der Waals surface area contributed by atoms with Gasteiger partial charge in [-0.15, -0.1) is 12.4 Å². The Bertz CT molecular complexity index is 658. The van der Waals surface area contributed by atoms with E-state index in [1.807, 2.05) is 0 Å². The molecule has 3 N–H and O–H groups in total. The molecule has 0 unspecified atom stereocenters. The van der Waals surface area contributed by atoms with Crippen LogP contribution < -0.4 is 11.1 Å². The topological polar surface area (TPSA) is 77.2 Å². The van der Waals surface area contributed by atoms with Gasteiger partial charge in [0.25, 0.3) is 5.91 Å². The third-order valence-corrected chi connectivity index (χ3v) is 4.26. The van der Waals surface area contributed by atoms with Gasteiger partial charge >= 0.3 is 0 Å². The van der Waals surface area contributed by atoms with Gasteiger partial charge in [-0.1, -0.05) is 11.3 Å². The lowest BCUT2D eigenvalue weighted by atomic mass is 10.2. The van der Waals surface area contributed by atoms with Gasteiger partial charge in [-0.25, -0.2) is 13.8 Å². The SMILES string of the molecule is Cl.NC[C@H]1CC[C@@H](C(=O)Nc2nc3cc(F)c(F)cc3s2)O1. The van der Waals surface area contributed by atoms with E-state index in [0.29, 0.717) is 28.3 Å². The van der Waals surface area contributed by atoms with E-state index in [1.54, 1.807) is 0 Å². The highest BCUT2D eigenvalue weighted by Crippen LogP contribution is 2.28. The maximum atomic E-state index is 13.1. The maximum absolute atomic E-state index is 13.1. The molecule has 0 saturated carbocycles. The minimum Gasteiger partial charge on any atom is -0.364 e. The molecule has 0 radical (unpaired) electrons. The number of benzene rings is 1. The fraction of sp³-hybridized carbons (Fsp3) is 0.385. The smallest absolute Gasteiger partial charge is 0.255 e. The second-order valence-corrected chi connectivity index (χ2v) is 5.83. The molecular weight excluding hydrogens is 336 g/mol. The Balaban J connectivity index is 0.00000176. The molecule has 1 aliphatic heterocycles. The molecule has 2 atom stereocenters. The molecule has 1 amide bonds. The summed E-state index contributed by atoms with van der Waals surface area (Å²) >= 11 is 1.08. The largest absolute Gasteiger partial charge is 0.364 e. The molecule has 0 aliphatic carbocycles. The molecule has 2 heterocycles. The van der Waals surface area contributed by atoms with Crippen LogP contribution in [0.15, 0.2) is 12.1 Å². The van der Waals surface area contributed by atoms with Gasteiger partial charge in [-0.2, -0.15) is 0 Å². The lowest BCUT2D eigenvalue weighted by Gasteiger charge is -2.10. The van der Waals surface area contributed by atoms with Gasteiger partial charge in [0, 0.05) is 12.6 Å². The molecule has 9 heteroatoms. The van der Waals surface area contributed by atoms with Gasteiger partial charge in [0.2, 0.25) is 0 Å². The molecule has 0 spiro atoms. The van der Waals surface area contributed by atoms with Crippen molar-refractivity contribution >= 4 is 45.0 Å². The Morgan fingerprint density at radius 3 is 2.82 bits per heavy atom. The van der Waals surface area contributed by atoms with Crippen molar-refractivity contribution in [2.24, 2.45) is 5.73 Å². The first kappa shape index (κ1) is 17.0. The molecule has 22 heavy (non-hydrogen) atoms. The summed E-state index contributed by atoms with van der Waals surface area (Å²) in [6.45, 7) is 0.378. The average molecular weight is 350 g/mol. The number of nitrogens with one attached hydrogen (secondary N) is 1. The predicted octanol–water partition coefficient (Wildman–Crippen LogP) is 2.44. The number of thiazole rings is 1. The third kappa shape index (κ3) is 3.35. The zero-order chi connectivity index (χ0) is 15.0. The van der Waals surface area contributed by atoms with Crippen LogP contribution in [-0.2, 0) is 9.53 Å². The zero-order valence-electron chi connectivity index (χ0n) is 11.3. The lowest BCUT2D eigenvalue weighted by molar-refractivity contribution is -0.126. The summed E-state index contributed by atoms with van der Waals surface area (Å²) < 4.78 is 32.2. The van der Waals surface area contributed by atoms with E-state index in [-0.39, 0.29) is 24.4 Å². The predicted molar refractivity (Wildman–Crippen MR) is 82.4 cm³/mol. The number of nitrogens with two attached hydrogens (primary N) is 1. The Labute approximate surface area is 135 Å². The van der Waals surface area contributed by atoms with Crippen LogP contribution in [0, 0.1) is 11.6 Å². The highest BCUT2D eigenvalue weighted by atomic mass is 35.5. The number of hydrogen-bond donors (Lipinski definition) is 2. The molecule has 3 rings (SSSR count). The Morgan fingerprint density at radius 2 is 2.14 bits per heavy atom. The Kier molecular flexibility index (Phi) is 5.28. The van der Waals surface area contributed by atoms with Crippen LogP contribution in [0.1, 0.15) is 12.8 Å². The summed E-state index contributed by atoms with van der Waals surface area (Å²) in [6.07, 6.45) is 0.686. The molecule has 1 fully saturated rings. The van der Waals surface area contributed by atoms with E-state index >= 15 is 0 Å². The van der Waals surface area contributed by atoms with Crippen molar-refractivity contribution in [3.8, 4) is 0 Å². The van der Waals surface area contributed by atoms with Crippen LogP contribution >= 0.6 is 23.7 Å². The molecule has 5 nitrogen and oxygen atoms in total. The molecule has 1 aromatic carbocycles. The van der Waals surface area contributed by atoms with Gasteiger partial charge < -0.3 is 10.5 Å². The number of amides is 1. The number of rotatable bonds is 3. The van der Waals surface area contributed by atoms with Crippen molar-refractivity contribution in [1.82, 2.24) is 4.98 Å². The van der Waals surface area contributed by atoms with Gasteiger partial charge in [0.15, 0.2) is 16.8 Å². The molecular formula is C13H14ClF2N3O2S. The summed E-state index contributed by atoms with van der Waals surface area (Å²) in [5.41, 5.74) is 5.80. The minimum absolute atomic E-state index is 0. The number of anilines is 1. The molecule has 0 bridgehead atoms. The average Bonchev–Trinajstić information content (AvgIpc) is 3.05. The van der Waals surface area contributed by atoms with Crippen molar-refractivity contribution in [3.63, 3.8) is 0 Å². The summed E-state index contributed by atoms with van der Waals surface area (Å²) in [4.78, 5) is 16.1. The van der Waals surface area contributed by atoms with Crippen molar-refractivity contribution in [3.05, 3.63) is 23.8 Å². The number of ether oxygens (including phenoxy) is 1. The number of hydrogen-bond acceptors (Lipinski definition) is 5. The van der Waals surface area contributed by atoms with E-state index in [4.69, 9.17) is 10.5 Å². The van der Waals surface area contributed by atoms with Gasteiger partial charge in [0.05, 0.1) is 16.3 Å². The van der Waals surface area contributed by atoms with E-state index in [2.05, 4.69) is 10.3 Å². The first-order chi connectivity index (χ1) is 10.1. The number of nitrogens with zero attached hydrogens (tertiary/aromatic N) is 1. The van der Waals surface area contributed by atoms with Gasteiger partial charge in [-0.05, 0) is 18.9 Å². The first-order valence-corrected chi connectivity index (χ1v) is 7.30. The fourth-order valence-corrected chi connectivity index (χ4v) is 3.11. The van der Waals surface area contributed by atoms with E-state index in [0.717, 1.165) is 29.9 Å². The summed E-state index contributed by atoms with van der Waals surface area (Å²) in [5, 5.41) is 2.91. The molecule has 1 aromatic heterocycles. The van der Waals surface area contributed by atoms with Gasteiger partial charge in [0.1, 0.15) is 6.10 Å². The normalized spacial score (nSPS) is 20.9. The summed E-state index contributed by atoms with van der Waals surface area (Å²) in [5.74, 6) is -2.21. The minimum atomic E-state index is -0.962. The van der Waals surface area contributed by atoms with E-state index in [1.165, 1.54) is 0 Å². The van der Waals surface area contributed by atoms with Crippen molar-refractivity contribution in [2.75, 3.05) is 11.9 Å². The fourth-order valence-electron chi connectivity index (χ4n) is 2.23. The second-order valence-electron chi connectivity index (χ2n) is 4.80. The van der Waals surface area contributed by atoms with Crippen LogP contribution in [-0.4, -0.2) is 29.6 Å². The summed E-state index contributed by atoms with van der Waals surface area (Å²) in [6, 6.07) is 2.07. The maximum Gasteiger partial charge on any atom is 0.255 e. The van der Waals surface area contributed by atoms with Crippen LogP contribution in [0.25, 0.3) is 10.2 Å². The van der Waals surface area contributed by atoms with E-state index < -0.39 is 17.7 Å². The Hall–Kier alpha value is -1.35. The van der Waals surface area contributed by atoms with Crippen LogP contribution in [0.5, 0.6) is 0 Å². The van der Waals surface area contributed by atoms with Crippen LogP contribution in [0.2, 0.25) is 0 Å². The standard InChI is InChI=1S/C13H13F2N3O2S.ClH/c14-7-3-9-11(4-8(7)15)21-13(17-9)18-12(19)10-2-1-6(5-16)20-10;/h3-4,6,10H,1-2,5,16H2,(H,17,18,19);1H/t6-,10+;/m1./s1. The number of aromatic nitrogens is 1. The van der Waals surface area contributed by atoms with Crippen molar-refractivity contribution in [2.45, 2.75) is 25.0 Å². The van der Waals surface area contributed by atoms with Crippen molar-refractivity contribution in [1.29, 1.82) is 0 Å². The third-order valence-electron chi connectivity index (χ3n) is 3.32. The first-order valence-electron chi connectivity index (χ1n) is 6.49.